The summed E-state index contributed by atoms with van der Waals surface area (Å²) in [5.41, 5.74) is 13.4. The summed E-state index contributed by atoms with van der Waals surface area (Å²) in [6.07, 6.45) is 3.90. The van der Waals surface area contributed by atoms with Crippen LogP contribution >= 0.6 is 0 Å². The molecule has 6 heteroatoms. The molecule has 0 radical (unpaired) electrons. The molecule has 0 N–H and O–H groups in total. The molecule has 0 bridgehead atoms. The summed E-state index contributed by atoms with van der Waals surface area (Å²) in [4.78, 5) is 14.5. The number of anilines is 6. The zero-order valence-corrected chi connectivity index (χ0v) is 36.5. The number of benzene rings is 10. The molecule has 4 aromatic heterocycles. The van der Waals surface area contributed by atoms with E-state index in [0.29, 0.717) is 0 Å². The lowest BCUT2D eigenvalue weighted by molar-refractivity contribution is 0.672. The molecule has 0 aliphatic heterocycles. The summed E-state index contributed by atoms with van der Waals surface area (Å²) in [7, 11) is 0. The molecule has 0 saturated carbocycles. The van der Waals surface area contributed by atoms with Crippen LogP contribution in [0.3, 0.4) is 0 Å². The van der Waals surface area contributed by atoms with Gasteiger partial charge in [0.05, 0.1) is 35.2 Å². The third kappa shape index (κ3) is 5.91. The van der Waals surface area contributed by atoms with E-state index in [2.05, 4.69) is 204 Å². The molecule has 0 unspecified atom stereocenters. The normalized spacial score (nSPS) is 11.8. The van der Waals surface area contributed by atoms with Crippen LogP contribution in [0.25, 0.3) is 98.7 Å². The lowest BCUT2D eigenvalue weighted by Crippen LogP contribution is -2.09. The third-order valence-electron chi connectivity index (χ3n) is 13.4. The number of nitrogens with zero attached hydrogens (tertiary/aromatic N) is 4. The van der Waals surface area contributed by atoms with Crippen LogP contribution in [0.5, 0.6) is 0 Å². The van der Waals surface area contributed by atoms with Gasteiger partial charge in [0.2, 0.25) is 0 Å². The Bertz CT molecular complexity index is 3820. The maximum atomic E-state index is 6.96. The van der Waals surface area contributed by atoms with Gasteiger partial charge in [0.15, 0.2) is 0 Å². The fourth-order valence-corrected chi connectivity index (χ4v) is 10.4. The molecule has 14 aromatic rings. The van der Waals surface area contributed by atoms with Crippen LogP contribution in [0.15, 0.2) is 240 Å². The molecule has 0 aliphatic carbocycles. The number of rotatable bonds is 8. The number of furan rings is 2. The molecule has 0 aliphatic rings. The molecule has 0 amide bonds. The molecule has 10 aromatic carbocycles. The second-order valence-corrected chi connectivity index (χ2v) is 17.3. The number of para-hydroxylation sites is 4. The van der Waals surface area contributed by atoms with Crippen LogP contribution in [-0.4, -0.2) is 9.97 Å². The Balaban J connectivity index is 0.863. The molecule has 0 atom stereocenters. The number of fused-ring (bicyclic) bond motifs is 10. The Kier molecular flexibility index (Phi) is 8.48. The molecule has 0 spiro atoms. The summed E-state index contributed by atoms with van der Waals surface area (Å²) < 4.78 is 13.9. The average Bonchev–Trinajstić information content (AvgIpc) is 4.00. The van der Waals surface area contributed by atoms with Gasteiger partial charge >= 0.3 is 0 Å². The van der Waals surface area contributed by atoms with Crippen molar-refractivity contribution in [1.82, 2.24) is 9.97 Å². The van der Waals surface area contributed by atoms with Crippen molar-refractivity contribution in [3.05, 3.63) is 231 Å². The summed E-state index contributed by atoms with van der Waals surface area (Å²) in [5.74, 6) is 0. The second kappa shape index (κ2) is 15.2. The highest BCUT2D eigenvalue weighted by Gasteiger charge is 2.24. The summed E-state index contributed by atoms with van der Waals surface area (Å²) in [6.45, 7) is 0. The molecule has 0 saturated heterocycles. The van der Waals surface area contributed by atoms with E-state index in [1.165, 1.54) is 10.8 Å². The standard InChI is InChI=1S/C62H38N4O2/c1-5-15-41(16-6-1)65(42-17-7-2-8-18-42)45-29-33-53(63-37-45)39-27-31-47-55(35-39)67-61-51-25-14-24-50-58(51)57-49(59(47)61)23-13-26-52(57)62-60(50)48-32-28-40(36-56(48)68-62)54-34-30-46(38-64-54)66(43-19-9-3-10-20-43)44-21-11-4-12-22-44/h1-38H. The van der Waals surface area contributed by atoms with Crippen LogP contribution in [0.2, 0.25) is 0 Å². The van der Waals surface area contributed by atoms with Gasteiger partial charge in [0, 0.05) is 77.0 Å². The van der Waals surface area contributed by atoms with E-state index in [9.17, 15) is 0 Å². The van der Waals surface area contributed by atoms with Gasteiger partial charge in [-0.15, -0.1) is 0 Å². The van der Waals surface area contributed by atoms with Crippen LogP contribution < -0.4 is 9.80 Å². The van der Waals surface area contributed by atoms with Crippen LogP contribution in [0, 0.1) is 0 Å². The van der Waals surface area contributed by atoms with Gasteiger partial charge in [-0.05, 0) is 108 Å². The monoisotopic (exact) mass is 870 g/mol. The minimum Gasteiger partial charge on any atom is -0.455 e. The van der Waals surface area contributed by atoms with Crippen molar-refractivity contribution >= 4 is 110 Å². The van der Waals surface area contributed by atoms with Gasteiger partial charge in [-0.3, -0.25) is 9.97 Å². The quantitative estimate of drug-likeness (QED) is 0.142. The second-order valence-electron chi connectivity index (χ2n) is 17.3. The van der Waals surface area contributed by atoms with Gasteiger partial charge in [-0.1, -0.05) is 121 Å². The Hall–Kier alpha value is -9.26. The maximum Gasteiger partial charge on any atom is 0.143 e. The van der Waals surface area contributed by atoms with E-state index in [4.69, 9.17) is 18.8 Å². The van der Waals surface area contributed by atoms with E-state index < -0.39 is 0 Å². The molecule has 68 heavy (non-hydrogen) atoms. The topological polar surface area (TPSA) is 58.5 Å². The fraction of sp³-hybridized carbons (Fsp3) is 0. The molecule has 318 valence electrons. The minimum absolute atomic E-state index is 0.825. The van der Waals surface area contributed by atoms with Gasteiger partial charge in [0.25, 0.3) is 0 Å². The molecule has 6 nitrogen and oxygen atoms in total. The Morgan fingerprint density at radius 3 is 1.00 bits per heavy atom. The molecular weight excluding hydrogens is 833 g/mol. The van der Waals surface area contributed by atoms with Gasteiger partial charge in [0.1, 0.15) is 22.3 Å². The lowest BCUT2D eigenvalue weighted by atomic mass is 9.89. The first-order valence-electron chi connectivity index (χ1n) is 22.9. The minimum atomic E-state index is 0.825. The number of aromatic nitrogens is 2. The van der Waals surface area contributed by atoms with Crippen molar-refractivity contribution in [2.24, 2.45) is 0 Å². The number of hydrogen-bond donors (Lipinski definition) is 0. The van der Waals surface area contributed by atoms with E-state index >= 15 is 0 Å². The van der Waals surface area contributed by atoms with Crippen molar-refractivity contribution in [2.75, 3.05) is 9.80 Å². The third-order valence-corrected chi connectivity index (χ3v) is 13.4. The molecule has 14 rings (SSSR count). The predicted molar refractivity (Wildman–Crippen MR) is 281 cm³/mol. The average molecular weight is 871 g/mol. The first kappa shape index (κ1) is 38.1. The van der Waals surface area contributed by atoms with Crippen molar-refractivity contribution in [3.63, 3.8) is 0 Å². The number of pyridine rings is 2. The highest BCUT2D eigenvalue weighted by molar-refractivity contribution is 6.43. The first-order chi connectivity index (χ1) is 33.7. The SMILES string of the molecule is c1ccc(N(c2ccccc2)c2ccc(-c3ccc4c(c3)oc3c5cccc6c7c8ccc(-c9ccc(N(c%10ccccc%10)c%10ccccc%10)cn9)cc8oc7c7cccc(c43)c7c56)nc2)cc1. The largest absolute Gasteiger partial charge is 0.455 e. The van der Waals surface area contributed by atoms with Crippen molar-refractivity contribution in [1.29, 1.82) is 0 Å². The Morgan fingerprint density at radius 2 is 0.647 bits per heavy atom. The zero-order chi connectivity index (χ0) is 44.7. The van der Waals surface area contributed by atoms with Gasteiger partial charge < -0.3 is 18.6 Å². The summed E-state index contributed by atoms with van der Waals surface area (Å²) in [5, 5.41) is 11.2. The van der Waals surface area contributed by atoms with Gasteiger partial charge in [-0.25, -0.2) is 0 Å². The summed E-state index contributed by atoms with van der Waals surface area (Å²) >= 11 is 0. The first-order valence-corrected chi connectivity index (χ1v) is 22.9. The summed E-state index contributed by atoms with van der Waals surface area (Å²) in [6, 6.07) is 76.2. The van der Waals surface area contributed by atoms with Crippen LogP contribution in [-0.2, 0) is 0 Å². The van der Waals surface area contributed by atoms with Crippen molar-refractivity contribution < 1.29 is 8.83 Å². The van der Waals surface area contributed by atoms with E-state index in [1.54, 1.807) is 0 Å². The molecular formula is C62H38N4O2. The molecule has 4 heterocycles. The predicted octanol–water partition coefficient (Wildman–Crippen LogP) is 17.4. The van der Waals surface area contributed by atoms with Gasteiger partial charge in [-0.2, -0.15) is 0 Å². The van der Waals surface area contributed by atoms with Crippen molar-refractivity contribution in [2.45, 2.75) is 0 Å². The zero-order valence-electron chi connectivity index (χ0n) is 36.5. The highest BCUT2D eigenvalue weighted by atomic mass is 16.3. The van der Waals surface area contributed by atoms with Crippen molar-refractivity contribution in [3.8, 4) is 22.5 Å². The van der Waals surface area contributed by atoms with E-state index in [0.717, 1.165) is 122 Å². The maximum absolute atomic E-state index is 6.96. The fourth-order valence-electron chi connectivity index (χ4n) is 10.4. The van der Waals surface area contributed by atoms with Crippen LogP contribution in [0.4, 0.5) is 34.1 Å². The smallest absolute Gasteiger partial charge is 0.143 e. The Labute approximate surface area is 390 Å². The lowest BCUT2D eigenvalue weighted by Gasteiger charge is -2.25. The Morgan fingerprint density at radius 1 is 0.279 bits per heavy atom. The highest BCUT2D eigenvalue weighted by Crippen LogP contribution is 2.50. The molecule has 0 fully saturated rings. The van der Waals surface area contributed by atoms with Crippen LogP contribution in [0.1, 0.15) is 0 Å². The van der Waals surface area contributed by atoms with E-state index in [-0.39, 0.29) is 0 Å². The number of hydrogen-bond acceptors (Lipinski definition) is 6. The van der Waals surface area contributed by atoms with E-state index in [1.807, 2.05) is 36.7 Å².